The third-order valence-corrected chi connectivity index (χ3v) is 3.23. The SMILES string of the molecule is COC(C)OCCOC1(N)Cc2ccccc2NC1=O. The molecular weight excluding hydrogens is 260 g/mol. The van der Waals surface area contributed by atoms with Gasteiger partial charge >= 0.3 is 0 Å². The van der Waals surface area contributed by atoms with E-state index in [0.29, 0.717) is 13.0 Å². The summed E-state index contributed by atoms with van der Waals surface area (Å²) in [5.74, 6) is -0.337. The van der Waals surface area contributed by atoms with Crippen molar-refractivity contribution in [3.63, 3.8) is 0 Å². The Kier molecular flexibility index (Phi) is 4.72. The first-order valence-electron chi connectivity index (χ1n) is 6.52. The van der Waals surface area contributed by atoms with E-state index in [4.69, 9.17) is 19.9 Å². The van der Waals surface area contributed by atoms with Crippen LogP contribution in [0, 0.1) is 0 Å². The topological polar surface area (TPSA) is 82.8 Å². The minimum Gasteiger partial charge on any atom is -0.356 e. The average molecular weight is 280 g/mol. The molecule has 1 aromatic carbocycles. The second-order valence-electron chi connectivity index (χ2n) is 4.70. The van der Waals surface area contributed by atoms with Gasteiger partial charge in [-0.05, 0) is 18.6 Å². The number of hydrogen-bond acceptors (Lipinski definition) is 5. The first kappa shape index (κ1) is 14.9. The highest BCUT2D eigenvalue weighted by Crippen LogP contribution is 2.27. The lowest BCUT2D eigenvalue weighted by atomic mass is 9.96. The molecule has 0 radical (unpaired) electrons. The number of carbonyl (C=O) groups is 1. The van der Waals surface area contributed by atoms with Crippen molar-refractivity contribution in [3.05, 3.63) is 29.8 Å². The summed E-state index contributed by atoms with van der Waals surface area (Å²) in [7, 11) is 1.56. The molecule has 6 heteroatoms. The Morgan fingerprint density at radius 1 is 1.40 bits per heavy atom. The summed E-state index contributed by atoms with van der Waals surface area (Å²) in [6.07, 6.45) is 0.0303. The quantitative estimate of drug-likeness (QED) is 0.596. The zero-order valence-electron chi connectivity index (χ0n) is 11.7. The number of ether oxygens (including phenoxy) is 3. The fourth-order valence-corrected chi connectivity index (χ4v) is 2.01. The van der Waals surface area contributed by atoms with Crippen LogP contribution in [-0.4, -0.2) is 38.2 Å². The monoisotopic (exact) mass is 280 g/mol. The van der Waals surface area contributed by atoms with Crippen LogP contribution in [0.15, 0.2) is 24.3 Å². The normalized spacial score (nSPS) is 23.1. The number of fused-ring (bicyclic) bond motifs is 1. The van der Waals surface area contributed by atoms with Gasteiger partial charge in [-0.2, -0.15) is 0 Å². The van der Waals surface area contributed by atoms with Crippen molar-refractivity contribution >= 4 is 11.6 Å². The molecule has 1 aliphatic rings. The van der Waals surface area contributed by atoms with Crippen LogP contribution in [0.25, 0.3) is 0 Å². The number of nitrogens with one attached hydrogen (secondary N) is 1. The number of para-hydroxylation sites is 1. The second-order valence-corrected chi connectivity index (χ2v) is 4.70. The molecule has 0 saturated heterocycles. The summed E-state index contributed by atoms with van der Waals surface area (Å²) in [6.45, 7) is 2.31. The van der Waals surface area contributed by atoms with E-state index in [1.807, 2.05) is 24.3 Å². The van der Waals surface area contributed by atoms with Gasteiger partial charge in [-0.15, -0.1) is 0 Å². The Balaban J connectivity index is 1.92. The van der Waals surface area contributed by atoms with Crippen LogP contribution in [0.5, 0.6) is 0 Å². The number of anilines is 1. The maximum atomic E-state index is 12.0. The van der Waals surface area contributed by atoms with E-state index in [2.05, 4.69) is 5.32 Å². The molecule has 2 unspecified atom stereocenters. The van der Waals surface area contributed by atoms with E-state index >= 15 is 0 Å². The molecule has 110 valence electrons. The van der Waals surface area contributed by atoms with Crippen LogP contribution < -0.4 is 11.1 Å². The van der Waals surface area contributed by atoms with E-state index in [1.165, 1.54) is 0 Å². The lowest BCUT2D eigenvalue weighted by Crippen LogP contribution is -2.57. The van der Waals surface area contributed by atoms with E-state index in [9.17, 15) is 4.79 Å². The molecule has 3 N–H and O–H groups in total. The second kappa shape index (κ2) is 6.32. The van der Waals surface area contributed by atoms with Gasteiger partial charge in [-0.25, -0.2) is 0 Å². The van der Waals surface area contributed by atoms with E-state index < -0.39 is 5.72 Å². The molecule has 20 heavy (non-hydrogen) atoms. The maximum Gasteiger partial charge on any atom is 0.272 e. The highest BCUT2D eigenvalue weighted by atomic mass is 16.7. The van der Waals surface area contributed by atoms with Gasteiger partial charge in [0.15, 0.2) is 6.29 Å². The number of rotatable bonds is 6. The molecule has 1 aromatic rings. The molecule has 1 heterocycles. The lowest BCUT2D eigenvalue weighted by Gasteiger charge is -2.33. The van der Waals surface area contributed by atoms with E-state index in [1.54, 1.807) is 14.0 Å². The first-order chi connectivity index (χ1) is 9.55. The maximum absolute atomic E-state index is 12.0. The largest absolute Gasteiger partial charge is 0.356 e. The van der Waals surface area contributed by atoms with Crippen molar-refractivity contribution in [2.24, 2.45) is 5.73 Å². The average Bonchev–Trinajstić information content (AvgIpc) is 2.44. The van der Waals surface area contributed by atoms with Crippen molar-refractivity contribution in [1.82, 2.24) is 0 Å². The number of amides is 1. The molecule has 1 amide bonds. The van der Waals surface area contributed by atoms with Gasteiger partial charge < -0.3 is 19.5 Å². The molecule has 0 bridgehead atoms. The molecule has 2 rings (SSSR count). The summed E-state index contributed by atoms with van der Waals surface area (Å²) in [5, 5.41) is 2.76. The Morgan fingerprint density at radius 2 is 2.15 bits per heavy atom. The van der Waals surface area contributed by atoms with Gasteiger partial charge in [-0.1, -0.05) is 18.2 Å². The van der Waals surface area contributed by atoms with Crippen LogP contribution in [0.4, 0.5) is 5.69 Å². The number of carbonyl (C=O) groups excluding carboxylic acids is 1. The summed E-state index contributed by atoms with van der Waals surface area (Å²) in [4.78, 5) is 12.0. The molecule has 0 saturated carbocycles. The summed E-state index contributed by atoms with van der Waals surface area (Å²) >= 11 is 0. The zero-order valence-corrected chi connectivity index (χ0v) is 11.7. The molecule has 0 aromatic heterocycles. The molecule has 0 aliphatic carbocycles. The zero-order chi connectivity index (χ0) is 14.6. The van der Waals surface area contributed by atoms with Gasteiger partial charge in [0, 0.05) is 19.2 Å². The Morgan fingerprint density at radius 3 is 2.90 bits per heavy atom. The van der Waals surface area contributed by atoms with Crippen molar-refractivity contribution in [3.8, 4) is 0 Å². The third-order valence-electron chi connectivity index (χ3n) is 3.23. The van der Waals surface area contributed by atoms with Crippen molar-refractivity contribution < 1.29 is 19.0 Å². The highest BCUT2D eigenvalue weighted by molar-refractivity contribution is 5.99. The van der Waals surface area contributed by atoms with Crippen LogP contribution in [0.1, 0.15) is 12.5 Å². The number of nitrogens with two attached hydrogens (primary N) is 1. The minimum atomic E-state index is -1.35. The van der Waals surface area contributed by atoms with Gasteiger partial charge in [0.05, 0.1) is 13.2 Å². The molecule has 2 atom stereocenters. The van der Waals surface area contributed by atoms with Crippen molar-refractivity contribution in [2.75, 3.05) is 25.6 Å². The van der Waals surface area contributed by atoms with Crippen LogP contribution in [-0.2, 0) is 25.4 Å². The first-order valence-corrected chi connectivity index (χ1v) is 6.52. The fourth-order valence-electron chi connectivity index (χ4n) is 2.01. The van der Waals surface area contributed by atoms with Gasteiger partial charge in [-0.3, -0.25) is 10.5 Å². The number of benzene rings is 1. The van der Waals surface area contributed by atoms with Crippen LogP contribution in [0.3, 0.4) is 0 Å². The third kappa shape index (κ3) is 3.34. The summed E-state index contributed by atoms with van der Waals surface area (Å²) < 4.78 is 15.8. The minimum absolute atomic E-state index is 0.222. The molecule has 0 spiro atoms. The Hall–Kier alpha value is -1.47. The van der Waals surface area contributed by atoms with Crippen molar-refractivity contribution in [1.29, 1.82) is 0 Å². The lowest BCUT2D eigenvalue weighted by molar-refractivity contribution is -0.154. The Bertz CT molecular complexity index is 480. The highest BCUT2D eigenvalue weighted by Gasteiger charge is 2.39. The van der Waals surface area contributed by atoms with Gasteiger partial charge in [0.25, 0.3) is 5.91 Å². The van der Waals surface area contributed by atoms with Crippen molar-refractivity contribution in [2.45, 2.75) is 25.4 Å². The number of methoxy groups -OCH3 is 1. The molecule has 0 fully saturated rings. The summed E-state index contributed by atoms with van der Waals surface area (Å²) in [5.41, 5.74) is 6.44. The predicted octanol–water partition coefficient (Wildman–Crippen LogP) is 0.862. The summed E-state index contributed by atoms with van der Waals surface area (Å²) in [6, 6.07) is 7.53. The van der Waals surface area contributed by atoms with Gasteiger partial charge in [0.2, 0.25) is 5.72 Å². The van der Waals surface area contributed by atoms with Crippen LogP contribution >= 0.6 is 0 Å². The molecule has 6 nitrogen and oxygen atoms in total. The van der Waals surface area contributed by atoms with Crippen LogP contribution in [0.2, 0.25) is 0 Å². The molecule has 1 aliphatic heterocycles. The molecular formula is C14H20N2O4. The number of hydrogen-bond donors (Lipinski definition) is 2. The predicted molar refractivity (Wildman–Crippen MR) is 74.1 cm³/mol. The fraction of sp³-hybridized carbons (Fsp3) is 0.500. The van der Waals surface area contributed by atoms with E-state index in [-0.39, 0.29) is 18.8 Å². The van der Waals surface area contributed by atoms with E-state index in [0.717, 1.165) is 11.3 Å². The smallest absolute Gasteiger partial charge is 0.272 e. The van der Waals surface area contributed by atoms with Gasteiger partial charge in [0.1, 0.15) is 0 Å². The Labute approximate surface area is 118 Å². The standard InChI is InChI=1S/C14H20N2O4/c1-10(18-2)19-7-8-20-14(15)9-11-5-3-4-6-12(11)16-13(14)17/h3-6,10H,7-9,15H2,1-2H3,(H,16,17).